The molecule has 7 heteroatoms. The summed E-state index contributed by atoms with van der Waals surface area (Å²) in [5, 5.41) is 14.5. The van der Waals surface area contributed by atoms with Gasteiger partial charge in [0.25, 0.3) is 0 Å². The zero-order valence-corrected chi connectivity index (χ0v) is 12.4. The van der Waals surface area contributed by atoms with Gasteiger partial charge in [0.05, 0.1) is 11.4 Å². The van der Waals surface area contributed by atoms with Gasteiger partial charge in [-0.3, -0.25) is 5.43 Å². The molecule has 0 saturated carbocycles. The molecule has 106 valence electrons. The zero-order valence-electron chi connectivity index (χ0n) is 11.6. The summed E-state index contributed by atoms with van der Waals surface area (Å²) in [5.74, 6) is 0. The number of nitrogens with zero attached hydrogens (tertiary/aromatic N) is 4. The molecule has 0 bridgehead atoms. The molecule has 2 heterocycles. The smallest absolute Gasteiger partial charge is 0.203 e. The van der Waals surface area contributed by atoms with Gasteiger partial charge in [0.15, 0.2) is 5.69 Å². The first-order valence-corrected chi connectivity index (χ1v) is 7.23. The van der Waals surface area contributed by atoms with Gasteiger partial charge in [-0.1, -0.05) is 35.5 Å². The Morgan fingerprint density at radius 3 is 2.76 bits per heavy atom. The van der Waals surface area contributed by atoms with Crippen molar-refractivity contribution in [2.24, 2.45) is 5.10 Å². The van der Waals surface area contributed by atoms with E-state index in [-0.39, 0.29) is 0 Å². The molecule has 21 heavy (non-hydrogen) atoms. The van der Waals surface area contributed by atoms with Crippen LogP contribution < -0.4 is 5.43 Å². The molecule has 3 aromatic rings. The van der Waals surface area contributed by atoms with E-state index in [1.54, 1.807) is 0 Å². The van der Waals surface area contributed by atoms with Crippen LogP contribution >= 0.6 is 11.3 Å². The molecule has 1 aromatic carbocycles. The van der Waals surface area contributed by atoms with Gasteiger partial charge in [-0.25, -0.2) is 9.61 Å². The number of rotatable bonds is 4. The summed E-state index contributed by atoms with van der Waals surface area (Å²) >= 11 is 1.50. The lowest BCUT2D eigenvalue weighted by Gasteiger charge is -1.97. The van der Waals surface area contributed by atoms with E-state index in [1.807, 2.05) is 49.6 Å². The van der Waals surface area contributed by atoms with E-state index in [0.29, 0.717) is 17.1 Å². The van der Waals surface area contributed by atoms with Crippen LogP contribution in [0.2, 0.25) is 0 Å². The molecule has 0 atom stereocenters. The van der Waals surface area contributed by atoms with Crippen LogP contribution in [0.5, 0.6) is 0 Å². The predicted octanol–water partition coefficient (Wildman–Crippen LogP) is 3.34. The molecular formula is C14H13N5OS. The summed E-state index contributed by atoms with van der Waals surface area (Å²) in [4.78, 5) is 4.50. The Balaban J connectivity index is 1.75. The fourth-order valence-electron chi connectivity index (χ4n) is 1.81. The minimum atomic E-state index is 0.641. The number of anilines is 1. The van der Waals surface area contributed by atoms with E-state index in [0.717, 1.165) is 16.4 Å². The Hall–Kier alpha value is -2.54. The molecule has 0 spiro atoms. The largest absolute Gasteiger partial charge is 0.252 e. The van der Waals surface area contributed by atoms with Crippen LogP contribution in [0.25, 0.3) is 11.3 Å². The quantitative estimate of drug-likeness (QED) is 0.590. The lowest BCUT2D eigenvalue weighted by molar-refractivity contribution is 0.304. The molecule has 2 aromatic heterocycles. The second kappa shape index (κ2) is 5.84. The second-order valence-electron chi connectivity index (χ2n) is 4.41. The molecule has 6 nitrogen and oxygen atoms in total. The van der Waals surface area contributed by atoms with E-state index in [2.05, 4.69) is 30.5 Å². The number of aryl methyl sites for hydroxylation is 1. The zero-order chi connectivity index (χ0) is 14.7. The third kappa shape index (κ3) is 2.97. The molecule has 0 radical (unpaired) electrons. The maximum absolute atomic E-state index is 4.66. The first-order valence-electron chi connectivity index (χ1n) is 6.35. The number of hydrogen-bond donors (Lipinski definition) is 1. The summed E-state index contributed by atoms with van der Waals surface area (Å²) < 4.78 is 4.66. The minimum absolute atomic E-state index is 0.641. The average molecular weight is 299 g/mol. The van der Waals surface area contributed by atoms with Crippen LogP contribution in [0.1, 0.15) is 18.3 Å². The van der Waals surface area contributed by atoms with Gasteiger partial charge in [-0.2, -0.15) is 5.10 Å². The highest BCUT2D eigenvalue weighted by atomic mass is 32.1. The first kappa shape index (κ1) is 13.4. The van der Waals surface area contributed by atoms with Gasteiger partial charge in [0.1, 0.15) is 5.69 Å². The van der Waals surface area contributed by atoms with Crippen molar-refractivity contribution < 1.29 is 4.63 Å². The van der Waals surface area contributed by atoms with Crippen LogP contribution in [0, 0.1) is 6.92 Å². The molecule has 0 aliphatic carbocycles. The predicted molar refractivity (Wildman–Crippen MR) is 82.4 cm³/mol. The van der Waals surface area contributed by atoms with Gasteiger partial charge in [0.2, 0.25) is 5.13 Å². The molecule has 0 unspecified atom stereocenters. The summed E-state index contributed by atoms with van der Waals surface area (Å²) in [5.41, 5.74) is 7.00. The number of benzene rings is 1. The highest BCUT2D eigenvalue weighted by Crippen LogP contribution is 2.24. The Morgan fingerprint density at radius 1 is 1.24 bits per heavy atom. The minimum Gasteiger partial charge on any atom is -0.252 e. The van der Waals surface area contributed by atoms with Crippen molar-refractivity contribution in [3.8, 4) is 11.3 Å². The molecule has 0 amide bonds. The standard InChI is InChI=1S/C14H13N5OS/c1-9(13-10(2)18-20-19-13)16-17-14-15-12(8-21-14)11-6-4-3-5-7-11/h3-8H,1-2H3,(H,15,17)/b16-9-. The van der Waals surface area contributed by atoms with Crippen molar-refractivity contribution in [2.75, 3.05) is 5.43 Å². The molecule has 0 fully saturated rings. The highest BCUT2D eigenvalue weighted by Gasteiger charge is 2.09. The van der Waals surface area contributed by atoms with Crippen molar-refractivity contribution in [3.05, 3.63) is 47.1 Å². The molecular weight excluding hydrogens is 286 g/mol. The number of hydrogen-bond acceptors (Lipinski definition) is 7. The topological polar surface area (TPSA) is 76.2 Å². The fraction of sp³-hybridized carbons (Fsp3) is 0.143. The number of hydrazone groups is 1. The third-order valence-electron chi connectivity index (χ3n) is 2.89. The number of aromatic nitrogens is 3. The van der Waals surface area contributed by atoms with Crippen molar-refractivity contribution in [3.63, 3.8) is 0 Å². The van der Waals surface area contributed by atoms with Gasteiger partial charge in [-0.15, -0.1) is 11.3 Å². The molecule has 0 aliphatic heterocycles. The van der Waals surface area contributed by atoms with Crippen LogP contribution in [0.3, 0.4) is 0 Å². The van der Waals surface area contributed by atoms with Crippen molar-refractivity contribution in [1.29, 1.82) is 0 Å². The molecule has 0 aliphatic rings. The third-order valence-corrected chi connectivity index (χ3v) is 3.64. The van der Waals surface area contributed by atoms with Gasteiger partial charge < -0.3 is 0 Å². The average Bonchev–Trinajstić information content (AvgIpc) is 3.15. The summed E-state index contributed by atoms with van der Waals surface area (Å²) in [6.45, 7) is 3.66. The van der Waals surface area contributed by atoms with E-state index < -0.39 is 0 Å². The van der Waals surface area contributed by atoms with E-state index in [4.69, 9.17) is 0 Å². The van der Waals surface area contributed by atoms with Crippen molar-refractivity contribution in [2.45, 2.75) is 13.8 Å². The maximum atomic E-state index is 4.66. The van der Waals surface area contributed by atoms with E-state index in [1.165, 1.54) is 11.3 Å². The SMILES string of the molecule is C/C(=N/Nc1nc(-c2ccccc2)cs1)c1nonc1C. The van der Waals surface area contributed by atoms with Crippen molar-refractivity contribution >= 4 is 22.2 Å². The van der Waals surface area contributed by atoms with Gasteiger partial charge >= 0.3 is 0 Å². The summed E-state index contributed by atoms with van der Waals surface area (Å²) in [6, 6.07) is 10.0. The molecule has 0 saturated heterocycles. The summed E-state index contributed by atoms with van der Waals surface area (Å²) in [6.07, 6.45) is 0. The molecule has 1 N–H and O–H groups in total. The normalized spacial score (nSPS) is 11.6. The Morgan fingerprint density at radius 2 is 2.05 bits per heavy atom. The van der Waals surface area contributed by atoms with E-state index in [9.17, 15) is 0 Å². The van der Waals surface area contributed by atoms with Gasteiger partial charge in [-0.05, 0) is 19.0 Å². The van der Waals surface area contributed by atoms with Crippen LogP contribution in [-0.4, -0.2) is 21.0 Å². The lowest BCUT2D eigenvalue weighted by atomic mass is 10.2. The monoisotopic (exact) mass is 299 g/mol. The number of thiazole rings is 1. The Labute approximate surface area is 125 Å². The van der Waals surface area contributed by atoms with Crippen LogP contribution in [0.15, 0.2) is 45.4 Å². The van der Waals surface area contributed by atoms with Gasteiger partial charge in [0, 0.05) is 10.9 Å². The highest BCUT2D eigenvalue weighted by molar-refractivity contribution is 7.14. The lowest BCUT2D eigenvalue weighted by Crippen LogP contribution is -2.01. The first-order chi connectivity index (χ1) is 10.2. The van der Waals surface area contributed by atoms with Crippen LogP contribution in [-0.2, 0) is 0 Å². The fourth-order valence-corrected chi connectivity index (χ4v) is 2.47. The second-order valence-corrected chi connectivity index (χ2v) is 5.27. The maximum Gasteiger partial charge on any atom is 0.203 e. The molecule has 3 rings (SSSR count). The van der Waals surface area contributed by atoms with Crippen LogP contribution in [0.4, 0.5) is 5.13 Å². The Bertz CT molecular complexity index is 763. The number of nitrogens with one attached hydrogen (secondary N) is 1. The summed E-state index contributed by atoms with van der Waals surface area (Å²) in [7, 11) is 0. The Kier molecular flexibility index (Phi) is 3.74. The van der Waals surface area contributed by atoms with Crippen molar-refractivity contribution in [1.82, 2.24) is 15.3 Å². The van der Waals surface area contributed by atoms with E-state index >= 15 is 0 Å².